The lowest BCUT2D eigenvalue weighted by Gasteiger charge is -2.46. The van der Waals surface area contributed by atoms with Crippen LogP contribution < -0.4 is 14.8 Å². The monoisotopic (exact) mass is 607 g/mol. The van der Waals surface area contributed by atoms with Gasteiger partial charge in [0.1, 0.15) is 23.7 Å². The van der Waals surface area contributed by atoms with Gasteiger partial charge in [-0.3, -0.25) is 14.6 Å². The van der Waals surface area contributed by atoms with Gasteiger partial charge in [-0.15, -0.1) is 0 Å². The number of urea groups is 1. The first kappa shape index (κ1) is 30.0. The smallest absolute Gasteiger partial charge is 0.332 e. The van der Waals surface area contributed by atoms with Crippen LogP contribution in [-0.2, 0) is 29.1 Å². The van der Waals surface area contributed by atoms with Crippen LogP contribution in [0.1, 0.15) is 16.7 Å². The van der Waals surface area contributed by atoms with Crippen LogP contribution in [0.25, 0.3) is 10.8 Å². The fraction of sp³-hybridized carbons (Fsp3) is 0.286. The summed E-state index contributed by atoms with van der Waals surface area (Å²) in [7, 11) is 4.87. The maximum Gasteiger partial charge on any atom is 0.332 e. The van der Waals surface area contributed by atoms with Crippen molar-refractivity contribution in [3.8, 4) is 11.5 Å². The number of ether oxygens (including phenoxy) is 2. The van der Waals surface area contributed by atoms with Crippen LogP contribution in [-0.4, -0.2) is 84.2 Å². The van der Waals surface area contributed by atoms with Crippen LogP contribution in [0.2, 0.25) is 0 Å². The van der Waals surface area contributed by atoms with Gasteiger partial charge in [-0.05, 0) is 51.7 Å². The second-order valence-corrected chi connectivity index (χ2v) is 11.3. The quantitative estimate of drug-likeness (QED) is 0.309. The highest BCUT2D eigenvalue weighted by atomic mass is 16.5. The van der Waals surface area contributed by atoms with Crippen LogP contribution in [0, 0.1) is 0 Å². The van der Waals surface area contributed by atoms with Crippen LogP contribution in [0.4, 0.5) is 4.79 Å². The molecule has 45 heavy (non-hydrogen) atoms. The molecule has 1 N–H and O–H groups in total. The van der Waals surface area contributed by atoms with Gasteiger partial charge in [-0.1, -0.05) is 66.7 Å². The Morgan fingerprint density at radius 2 is 1.51 bits per heavy atom. The van der Waals surface area contributed by atoms with Crippen molar-refractivity contribution in [3.05, 3.63) is 108 Å². The third-order valence-corrected chi connectivity index (χ3v) is 8.68. The summed E-state index contributed by atoms with van der Waals surface area (Å²) in [6, 6.07) is 28.2. The molecule has 0 radical (unpaired) electrons. The number of hydrogen-bond donors (Lipinski definition) is 1. The summed E-state index contributed by atoms with van der Waals surface area (Å²) in [4.78, 5) is 44.6. The van der Waals surface area contributed by atoms with E-state index in [-0.39, 0.29) is 30.9 Å². The van der Waals surface area contributed by atoms with E-state index in [0.29, 0.717) is 19.5 Å². The highest BCUT2D eigenvalue weighted by Crippen LogP contribution is 2.31. The Morgan fingerprint density at radius 1 is 0.867 bits per heavy atom. The lowest BCUT2D eigenvalue weighted by atomic mass is 9.99. The van der Waals surface area contributed by atoms with E-state index in [0.717, 1.165) is 39.0 Å². The molecule has 2 heterocycles. The van der Waals surface area contributed by atoms with Crippen molar-refractivity contribution in [1.82, 2.24) is 25.1 Å². The predicted octanol–water partition coefficient (Wildman–Crippen LogP) is 4.04. The summed E-state index contributed by atoms with van der Waals surface area (Å²) in [5, 5.41) is 8.35. The number of hydrazine groups is 1. The number of fused-ring (bicyclic) bond motifs is 2. The molecule has 6 rings (SSSR count). The zero-order chi connectivity index (χ0) is 31.5. The van der Waals surface area contributed by atoms with E-state index >= 15 is 0 Å². The number of amides is 4. The molecule has 232 valence electrons. The molecule has 0 bridgehead atoms. The molecule has 2 aliphatic heterocycles. The number of piperazine rings is 1. The Bertz CT molecular complexity index is 1690. The van der Waals surface area contributed by atoms with Gasteiger partial charge in [0.25, 0.3) is 0 Å². The number of methoxy groups -OCH3 is 2. The SMILES string of the molecule is COc1ccc(CNC(=O)N(C)N2CC(=O)N3[C@@H](Cc4ccc(OC)cc4)C(=O)N(Cc4cccc5ccccc45)C[C@@H]32)cc1. The molecular weight excluding hydrogens is 570 g/mol. The Balaban J connectivity index is 1.26. The molecule has 4 aromatic rings. The number of benzene rings is 4. The minimum atomic E-state index is -0.722. The number of rotatable bonds is 9. The molecule has 0 spiro atoms. The second kappa shape index (κ2) is 12.9. The molecule has 10 nitrogen and oxygen atoms in total. The van der Waals surface area contributed by atoms with Crippen molar-refractivity contribution >= 4 is 28.6 Å². The Kier molecular flexibility index (Phi) is 8.57. The second-order valence-electron chi connectivity index (χ2n) is 11.3. The summed E-state index contributed by atoms with van der Waals surface area (Å²) in [5.74, 6) is 1.15. The lowest BCUT2D eigenvalue weighted by molar-refractivity contribution is -0.157. The number of hydrogen-bond acceptors (Lipinski definition) is 6. The highest BCUT2D eigenvalue weighted by Gasteiger charge is 2.51. The van der Waals surface area contributed by atoms with Crippen molar-refractivity contribution < 1.29 is 23.9 Å². The van der Waals surface area contributed by atoms with Crippen molar-refractivity contribution in [3.63, 3.8) is 0 Å². The summed E-state index contributed by atoms with van der Waals surface area (Å²) < 4.78 is 10.5. The number of carbonyl (C=O) groups excluding carboxylic acids is 3. The minimum absolute atomic E-state index is 0.00831. The molecule has 0 aliphatic carbocycles. The van der Waals surface area contributed by atoms with Crippen LogP contribution in [0.15, 0.2) is 91.0 Å². The van der Waals surface area contributed by atoms with Crippen molar-refractivity contribution in [2.24, 2.45) is 0 Å². The average molecular weight is 608 g/mol. The van der Waals surface area contributed by atoms with Gasteiger partial charge in [-0.25, -0.2) is 4.79 Å². The van der Waals surface area contributed by atoms with Gasteiger partial charge in [0, 0.05) is 26.6 Å². The molecular formula is C35H37N5O5. The van der Waals surface area contributed by atoms with Crippen molar-refractivity contribution in [2.45, 2.75) is 31.7 Å². The molecule has 2 saturated heterocycles. The topological polar surface area (TPSA) is 94.7 Å². The van der Waals surface area contributed by atoms with Gasteiger partial charge in [0.05, 0.1) is 27.3 Å². The molecule has 2 atom stereocenters. The molecule has 0 unspecified atom stereocenters. The summed E-state index contributed by atoms with van der Waals surface area (Å²) in [5.41, 5.74) is 2.86. The Morgan fingerprint density at radius 3 is 2.20 bits per heavy atom. The van der Waals surface area contributed by atoms with Crippen LogP contribution in [0.3, 0.4) is 0 Å². The van der Waals surface area contributed by atoms with Crippen LogP contribution in [0.5, 0.6) is 11.5 Å². The molecule has 2 aliphatic rings. The van der Waals surface area contributed by atoms with E-state index in [4.69, 9.17) is 9.47 Å². The van der Waals surface area contributed by atoms with Gasteiger partial charge in [-0.2, -0.15) is 5.01 Å². The summed E-state index contributed by atoms with van der Waals surface area (Å²) >= 11 is 0. The molecule has 4 aromatic carbocycles. The van der Waals surface area contributed by atoms with Crippen LogP contribution >= 0.6 is 0 Å². The maximum atomic E-state index is 14.2. The standard InChI is InChI=1S/C35H37N5O5/c1-37(35(43)36-20-25-13-17-29(45-3)18-14-25)39-23-33(41)40-31(19-24-11-15-28(44-2)16-12-24)34(42)38(22-32(39)40)21-27-9-6-8-26-7-4-5-10-30(26)27/h4-18,31-32H,19-23H2,1-3H3,(H,36,43)/t31-,32+/m0/s1. The molecule has 2 fully saturated rings. The van der Waals surface area contributed by atoms with Gasteiger partial charge in [0.15, 0.2) is 0 Å². The van der Waals surface area contributed by atoms with Gasteiger partial charge >= 0.3 is 6.03 Å². The largest absolute Gasteiger partial charge is 0.497 e. The van der Waals surface area contributed by atoms with Crippen molar-refractivity contribution in [1.29, 1.82) is 0 Å². The third-order valence-electron chi connectivity index (χ3n) is 8.68. The van der Waals surface area contributed by atoms with Crippen molar-refractivity contribution in [2.75, 3.05) is 34.4 Å². The Hall–Kier alpha value is -5.09. The first-order valence-electron chi connectivity index (χ1n) is 15.0. The summed E-state index contributed by atoms with van der Waals surface area (Å²) in [6.07, 6.45) is -0.164. The number of nitrogens with zero attached hydrogens (tertiary/aromatic N) is 4. The fourth-order valence-electron chi connectivity index (χ4n) is 6.22. The third kappa shape index (κ3) is 6.14. The van der Waals surface area contributed by atoms with E-state index in [1.807, 2.05) is 77.7 Å². The maximum absolute atomic E-state index is 14.2. The van der Waals surface area contributed by atoms with Gasteiger partial charge < -0.3 is 24.6 Å². The molecule has 10 heteroatoms. The number of carbonyl (C=O) groups is 3. The normalized spacial score (nSPS) is 18.2. The zero-order valence-electron chi connectivity index (χ0n) is 25.7. The van der Waals surface area contributed by atoms with E-state index in [9.17, 15) is 14.4 Å². The lowest BCUT2D eigenvalue weighted by Crippen LogP contribution is -2.65. The molecule has 4 amide bonds. The van der Waals surface area contributed by atoms with E-state index in [2.05, 4.69) is 23.5 Å². The van der Waals surface area contributed by atoms with Gasteiger partial charge in [0.2, 0.25) is 11.8 Å². The molecule has 0 saturated carbocycles. The highest BCUT2D eigenvalue weighted by molar-refractivity contribution is 5.92. The zero-order valence-corrected chi connectivity index (χ0v) is 25.7. The Labute approximate surface area is 262 Å². The minimum Gasteiger partial charge on any atom is -0.497 e. The predicted molar refractivity (Wildman–Crippen MR) is 170 cm³/mol. The van der Waals surface area contributed by atoms with E-state index < -0.39 is 12.2 Å². The molecule has 0 aromatic heterocycles. The fourth-order valence-corrected chi connectivity index (χ4v) is 6.22. The first-order valence-corrected chi connectivity index (χ1v) is 15.0. The summed E-state index contributed by atoms with van der Waals surface area (Å²) in [6.45, 7) is 0.961. The number of nitrogens with one attached hydrogen (secondary N) is 1. The van der Waals surface area contributed by atoms with E-state index in [1.165, 1.54) is 5.01 Å². The van der Waals surface area contributed by atoms with E-state index in [1.54, 1.807) is 31.2 Å². The average Bonchev–Trinajstić information content (AvgIpc) is 3.41. The first-order chi connectivity index (χ1) is 21.9.